The number of carbonyl (C=O) groups is 1. The molecule has 2 aromatic heterocycles. The monoisotopic (exact) mass is 540 g/mol. The van der Waals surface area contributed by atoms with E-state index in [0.717, 1.165) is 45.3 Å². The van der Waals surface area contributed by atoms with Crippen LogP contribution in [0.15, 0.2) is 72.9 Å². The normalized spacial score (nSPS) is 17.0. The average Bonchev–Trinajstić information content (AvgIpc) is 3.40. The van der Waals surface area contributed by atoms with Gasteiger partial charge in [0.15, 0.2) is 5.11 Å². The first-order valence-corrected chi connectivity index (χ1v) is 13.4. The van der Waals surface area contributed by atoms with Gasteiger partial charge in [-0.15, -0.1) is 0 Å². The molecule has 1 aliphatic rings. The zero-order valence-electron chi connectivity index (χ0n) is 22.7. The van der Waals surface area contributed by atoms with Crippen LogP contribution in [0.1, 0.15) is 64.5 Å². The van der Waals surface area contributed by atoms with E-state index in [9.17, 15) is 9.90 Å². The number of carboxylic acids is 1. The fourth-order valence-electron chi connectivity index (χ4n) is 5.35. The fraction of sp³-hybridized carbons (Fsp3) is 0.258. The minimum absolute atomic E-state index is 0.0835. The number of carboxylic acid groups (broad SMARTS) is 1. The van der Waals surface area contributed by atoms with E-state index in [-0.39, 0.29) is 23.8 Å². The summed E-state index contributed by atoms with van der Waals surface area (Å²) in [6.45, 7) is 10.1. The van der Waals surface area contributed by atoms with Gasteiger partial charge in [-0.2, -0.15) is 0 Å². The molecule has 5 rings (SSSR count). The molecule has 7 nitrogen and oxygen atoms in total. The third-order valence-electron chi connectivity index (χ3n) is 7.07. The zero-order valence-corrected chi connectivity index (χ0v) is 23.5. The van der Waals surface area contributed by atoms with E-state index < -0.39 is 5.97 Å². The maximum absolute atomic E-state index is 11.7. The van der Waals surface area contributed by atoms with Crippen LogP contribution in [0.25, 0.3) is 5.69 Å². The zero-order chi connectivity index (χ0) is 27.8. The minimum atomic E-state index is -0.949. The summed E-state index contributed by atoms with van der Waals surface area (Å²) in [5.74, 6) is -0.146. The van der Waals surface area contributed by atoms with Gasteiger partial charge < -0.3 is 24.6 Å². The van der Waals surface area contributed by atoms with E-state index in [1.165, 1.54) is 0 Å². The van der Waals surface area contributed by atoms with Gasteiger partial charge in [0.05, 0.1) is 29.4 Å². The van der Waals surface area contributed by atoms with Gasteiger partial charge in [-0.25, -0.2) is 4.79 Å². The molecule has 0 radical (unpaired) electrons. The number of nitrogens with zero attached hydrogens (tertiary/aromatic N) is 3. The molecule has 1 fully saturated rings. The Bertz CT molecular complexity index is 1530. The van der Waals surface area contributed by atoms with Crippen LogP contribution in [0.2, 0.25) is 0 Å². The van der Waals surface area contributed by atoms with Gasteiger partial charge in [-0.1, -0.05) is 12.1 Å². The first-order chi connectivity index (χ1) is 18.7. The van der Waals surface area contributed by atoms with Crippen LogP contribution in [0.5, 0.6) is 5.75 Å². The van der Waals surface area contributed by atoms with E-state index in [4.69, 9.17) is 17.0 Å². The first kappa shape index (κ1) is 26.4. The quantitative estimate of drug-likeness (QED) is 0.261. The summed E-state index contributed by atoms with van der Waals surface area (Å²) in [6, 6.07) is 20.9. The summed E-state index contributed by atoms with van der Waals surface area (Å²) in [4.78, 5) is 18.6. The van der Waals surface area contributed by atoms with Crippen molar-refractivity contribution in [2.24, 2.45) is 0 Å². The highest BCUT2D eigenvalue weighted by atomic mass is 32.1. The van der Waals surface area contributed by atoms with E-state index >= 15 is 0 Å². The van der Waals surface area contributed by atoms with Crippen molar-refractivity contribution in [1.29, 1.82) is 0 Å². The Morgan fingerprint density at radius 3 is 2.44 bits per heavy atom. The van der Waals surface area contributed by atoms with Crippen LogP contribution >= 0.6 is 12.2 Å². The van der Waals surface area contributed by atoms with E-state index in [1.54, 1.807) is 18.3 Å². The molecule has 200 valence electrons. The maximum atomic E-state index is 11.7. The second-order valence-electron chi connectivity index (χ2n) is 10.1. The Balaban J connectivity index is 1.65. The SMILES string of the molecule is Cc1ccc(C(=O)O)cc1-n1c(C)cc(C2C(c3ccccn3)NC(=S)N2c2ccc(OC(C)C)cc2)c1C. The number of hydrogen-bond acceptors (Lipinski definition) is 4. The highest BCUT2D eigenvalue weighted by molar-refractivity contribution is 7.80. The summed E-state index contributed by atoms with van der Waals surface area (Å²) < 4.78 is 7.99. The van der Waals surface area contributed by atoms with Gasteiger partial charge in [-0.3, -0.25) is 4.98 Å². The maximum Gasteiger partial charge on any atom is 0.335 e. The Morgan fingerprint density at radius 2 is 1.79 bits per heavy atom. The van der Waals surface area contributed by atoms with Gasteiger partial charge in [0.1, 0.15) is 5.75 Å². The number of benzene rings is 2. The van der Waals surface area contributed by atoms with Gasteiger partial charge in [0, 0.05) is 29.0 Å². The molecule has 2 N–H and O–H groups in total. The van der Waals surface area contributed by atoms with Crippen molar-refractivity contribution in [1.82, 2.24) is 14.9 Å². The predicted octanol–water partition coefficient (Wildman–Crippen LogP) is 6.46. The molecule has 0 saturated carbocycles. The Hall–Kier alpha value is -4.17. The van der Waals surface area contributed by atoms with Crippen LogP contribution in [0, 0.1) is 20.8 Å². The molecule has 39 heavy (non-hydrogen) atoms. The molecule has 1 aliphatic heterocycles. The van der Waals surface area contributed by atoms with Crippen LogP contribution in [-0.2, 0) is 0 Å². The van der Waals surface area contributed by atoms with Crippen molar-refractivity contribution < 1.29 is 14.6 Å². The highest BCUT2D eigenvalue weighted by Gasteiger charge is 2.42. The number of aromatic carboxylic acids is 1. The van der Waals surface area contributed by atoms with Crippen molar-refractivity contribution in [3.63, 3.8) is 0 Å². The summed E-state index contributed by atoms with van der Waals surface area (Å²) >= 11 is 5.91. The Kier molecular flexibility index (Phi) is 7.14. The Labute approximate surface area is 234 Å². The predicted molar refractivity (Wildman–Crippen MR) is 157 cm³/mol. The number of anilines is 1. The Morgan fingerprint density at radius 1 is 1.05 bits per heavy atom. The van der Waals surface area contributed by atoms with Crippen molar-refractivity contribution in [3.05, 3.63) is 107 Å². The molecule has 2 atom stereocenters. The number of hydrogen-bond donors (Lipinski definition) is 2. The third-order valence-corrected chi connectivity index (χ3v) is 7.39. The van der Waals surface area contributed by atoms with Gasteiger partial charge in [0.2, 0.25) is 0 Å². The summed E-state index contributed by atoms with van der Waals surface area (Å²) in [5, 5.41) is 13.8. The van der Waals surface area contributed by atoms with E-state index in [0.29, 0.717) is 5.11 Å². The molecule has 0 spiro atoms. The molecule has 2 unspecified atom stereocenters. The van der Waals surface area contributed by atoms with Crippen LogP contribution in [-0.4, -0.2) is 31.8 Å². The molecule has 0 bridgehead atoms. The lowest BCUT2D eigenvalue weighted by atomic mass is 9.96. The van der Waals surface area contributed by atoms with Crippen molar-refractivity contribution in [3.8, 4) is 11.4 Å². The van der Waals surface area contributed by atoms with Crippen molar-refractivity contribution in [2.45, 2.75) is 52.8 Å². The minimum Gasteiger partial charge on any atom is -0.491 e. The molecule has 4 aromatic rings. The molecule has 8 heteroatoms. The number of pyridine rings is 1. The molecular weight excluding hydrogens is 508 g/mol. The first-order valence-electron chi connectivity index (χ1n) is 13.0. The number of ether oxygens (including phenoxy) is 1. The van der Waals surface area contributed by atoms with Crippen molar-refractivity contribution in [2.75, 3.05) is 4.90 Å². The highest BCUT2D eigenvalue weighted by Crippen LogP contribution is 2.44. The van der Waals surface area contributed by atoms with E-state index in [1.807, 2.05) is 76.2 Å². The van der Waals surface area contributed by atoms with Gasteiger partial charge in [0.25, 0.3) is 0 Å². The second kappa shape index (κ2) is 10.5. The third kappa shape index (κ3) is 5.00. The molecule has 0 amide bonds. The molecular formula is C31H32N4O3S. The van der Waals surface area contributed by atoms with Crippen LogP contribution in [0.4, 0.5) is 5.69 Å². The van der Waals surface area contributed by atoms with Gasteiger partial charge in [-0.05, 0) is 113 Å². The molecule has 1 saturated heterocycles. The lowest BCUT2D eigenvalue weighted by Crippen LogP contribution is -2.29. The van der Waals surface area contributed by atoms with Crippen molar-refractivity contribution >= 4 is 29.0 Å². The van der Waals surface area contributed by atoms with Crippen LogP contribution < -0.4 is 15.0 Å². The summed E-state index contributed by atoms with van der Waals surface area (Å²) in [5.41, 5.74) is 7.03. The smallest absolute Gasteiger partial charge is 0.335 e. The largest absolute Gasteiger partial charge is 0.491 e. The standard InChI is InChI=1S/C31H32N4O3S/c1-18(2)38-24-13-11-23(12-14-24)35-29(28(33-31(35)39)26-8-6-7-15-32-26)25-16-20(4)34(21(25)5)27-17-22(30(36)37)10-9-19(27)3/h6-18,28-29H,1-5H3,(H,33,39)(H,36,37). The summed E-state index contributed by atoms with van der Waals surface area (Å²) in [7, 11) is 0. The molecule has 2 aromatic carbocycles. The number of rotatable bonds is 7. The van der Waals surface area contributed by atoms with Crippen LogP contribution in [0.3, 0.4) is 0 Å². The molecule has 3 heterocycles. The number of thiocarbonyl (C=S) groups is 1. The van der Waals surface area contributed by atoms with E-state index in [2.05, 4.69) is 32.8 Å². The fourth-order valence-corrected chi connectivity index (χ4v) is 5.69. The topological polar surface area (TPSA) is 79.6 Å². The second-order valence-corrected chi connectivity index (χ2v) is 10.5. The number of nitrogens with one attached hydrogen (secondary N) is 1. The molecule has 0 aliphatic carbocycles. The number of aromatic nitrogens is 2. The lowest BCUT2D eigenvalue weighted by molar-refractivity contribution is 0.0697. The van der Waals surface area contributed by atoms with Gasteiger partial charge >= 0.3 is 5.97 Å². The summed E-state index contributed by atoms with van der Waals surface area (Å²) in [6.07, 6.45) is 1.88. The lowest BCUT2D eigenvalue weighted by Gasteiger charge is -2.28. The average molecular weight is 541 g/mol. The number of aryl methyl sites for hydroxylation is 2.